The van der Waals surface area contributed by atoms with E-state index in [1.165, 1.54) is 21.0 Å². The van der Waals surface area contributed by atoms with E-state index in [0.29, 0.717) is 6.61 Å². The minimum absolute atomic E-state index is 0. The molecule has 1 heterocycles. The van der Waals surface area contributed by atoms with Crippen LogP contribution in [0.4, 0.5) is 0 Å². The van der Waals surface area contributed by atoms with Crippen molar-refractivity contribution in [2.24, 2.45) is 4.99 Å². The van der Waals surface area contributed by atoms with E-state index in [1.807, 2.05) is 0 Å². The van der Waals surface area contributed by atoms with E-state index in [1.54, 1.807) is 25.5 Å². The fourth-order valence-corrected chi connectivity index (χ4v) is 3.27. The van der Waals surface area contributed by atoms with Crippen molar-refractivity contribution < 1.29 is 4.74 Å². The molecular formula is C18H27IN4OS. The van der Waals surface area contributed by atoms with Gasteiger partial charge in [0, 0.05) is 38.5 Å². The molecule has 1 aromatic heterocycles. The highest BCUT2D eigenvalue weighted by Crippen LogP contribution is 2.16. The minimum Gasteiger partial charge on any atom is -0.380 e. The Morgan fingerprint density at radius 2 is 2.00 bits per heavy atom. The van der Waals surface area contributed by atoms with Crippen LogP contribution < -0.4 is 10.6 Å². The summed E-state index contributed by atoms with van der Waals surface area (Å²) in [5, 5.41) is 7.84. The summed E-state index contributed by atoms with van der Waals surface area (Å²) in [6.45, 7) is 6.35. The molecule has 0 saturated carbocycles. The molecule has 25 heavy (non-hydrogen) atoms. The van der Waals surface area contributed by atoms with E-state index in [-0.39, 0.29) is 24.0 Å². The second-order valence-electron chi connectivity index (χ2n) is 5.60. The van der Waals surface area contributed by atoms with Gasteiger partial charge in [-0.3, -0.25) is 4.99 Å². The third-order valence-electron chi connectivity index (χ3n) is 3.69. The first kappa shape index (κ1) is 21.9. The summed E-state index contributed by atoms with van der Waals surface area (Å²) in [6.07, 6.45) is 0.906. The zero-order chi connectivity index (χ0) is 17.4. The smallest absolute Gasteiger partial charge is 0.191 e. The SMILES string of the molecule is CN=C(NCCc1nc(C)c(C)s1)NCc1cccc(COC)c1.I. The predicted molar refractivity (Wildman–Crippen MR) is 116 cm³/mol. The number of ether oxygens (including phenoxy) is 1. The Bertz CT molecular complexity index is 668. The van der Waals surface area contributed by atoms with Crippen LogP contribution in [0.1, 0.15) is 26.7 Å². The Morgan fingerprint density at radius 3 is 2.64 bits per heavy atom. The van der Waals surface area contributed by atoms with Crippen LogP contribution in [-0.2, 0) is 24.3 Å². The summed E-state index contributed by atoms with van der Waals surface area (Å²) in [5.41, 5.74) is 3.52. The van der Waals surface area contributed by atoms with Gasteiger partial charge < -0.3 is 15.4 Å². The molecule has 0 atom stereocenters. The zero-order valence-electron chi connectivity index (χ0n) is 15.3. The number of rotatable bonds is 7. The largest absolute Gasteiger partial charge is 0.380 e. The van der Waals surface area contributed by atoms with Crippen LogP contribution in [0, 0.1) is 13.8 Å². The van der Waals surface area contributed by atoms with E-state index in [9.17, 15) is 0 Å². The monoisotopic (exact) mass is 474 g/mol. The predicted octanol–water partition coefficient (Wildman–Crippen LogP) is 3.43. The number of halogens is 1. The van der Waals surface area contributed by atoms with Crippen LogP contribution in [-0.4, -0.2) is 31.6 Å². The Balaban J connectivity index is 0.00000312. The maximum atomic E-state index is 5.17. The summed E-state index contributed by atoms with van der Waals surface area (Å²) < 4.78 is 5.17. The third kappa shape index (κ3) is 7.29. The first-order valence-electron chi connectivity index (χ1n) is 8.06. The molecule has 0 spiro atoms. The van der Waals surface area contributed by atoms with Crippen LogP contribution >= 0.6 is 35.3 Å². The molecule has 1 aromatic carbocycles. The molecular weight excluding hydrogens is 447 g/mol. The number of methoxy groups -OCH3 is 1. The van der Waals surface area contributed by atoms with Crippen molar-refractivity contribution >= 4 is 41.3 Å². The average molecular weight is 474 g/mol. The van der Waals surface area contributed by atoms with Gasteiger partial charge in [0.15, 0.2) is 5.96 Å². The lowest BCUT2D eigenvalue weighted by atomic mass is 10.1. The van der Waals surface area contributed by atoms with Crippen molar-refractivity contribution in [2.45, 2.75) is 33.4 Å². The Labute approximate surface area is 171 Å². The molecule has 138 valence electrons. The maximum absolute atomic E-state index is 5.17. The molecule has 0 amide bonds. The van der Waals surface area contributed by atoms with E-state index < -0.39 is 0 Å². The van der Waals surface area contributed by atoms with E-state index in [2.05, 4.69) is 58.7 Å². The number of benzene rings is 1. The molecule has 2 aromatic rings. The number of hydrogen-bond acceptors (Lipinski definition) is 4. The molecule has 0 aliphatic rings. The van der Waals surface area contributed by atoms with Crippen molar-refractivity contribution in [1.29, 1.82) is 0 Å². The van der Waals surface area contributed by atoms with Crippen LogP contribution in [0.2, 0.25) is 0 Å². The van der Waals surface area contributed by atoms with Crippen molar-refractivity contribution in [3.8, 4) is 0 Å². The third-order valence-corrected chi connectivity index (χ3v) is 4.82. The van der Waals surface area contributed by atoms with Crippen LogP contribution in [0.15, 0.2) is 29.3 Å². The van der Waals surface area contributed by atoms with Gasteiger partial charge in [-0.2, -0.15) is 0 Å². The normalized spacial score (nSPS) is 11.1. The topological polar surface area (TPSA) is 58.5 Å². The molecule has 0 saturated heterocycles. The quantitative estimate of drug-likeness (QED) is 0.367. The van der Waals surface area contributed by atoms with Crippen LogP contribution in [0.25, 0.3) is 0 Å². The number of aromatic nitrogens is 1. The van der Waals surface area contributed by atoms with Crippen LogP contribution in [0.3, 0.4) is 0 Å². The van der Waals surface area contributed by atoms with Gasteiger partial charge >= 0.3 is 0 Å². The first-order valence-corrected chi connectivity index (χ1v) is 8.88. The van der Waals surface area contributed by atoms with Gasteiger partial charge in [-0.25, -0.2) is 4.98 Å². The summed E-state index contributed by atoms with van der Waals surface area (Å²) >= 11 is 1.77. The molecule has 2 rings (SSSR count). The second-order valence-corrected chi connectivity index (χ2v) is 6.89. The Hall–Kier alpha value is -1.19. The average Bonchev–Trinajstić information content (AvgIpc) is 2.89. The fraction of sp³-hybridized carbons (Fsp3) is 0.444. The lowest BCUT2D eigenvalue weighted by Crippen LogP contribution is -2.37. The van der Waals surface area contributed by atoms with Gasteiger partial charge in [0.2, 0.25) is 0 Å². The van der Waals surface area contributed by atoms with E-state index in [4.69, 9.17) is 4.74 Å². The Kier molecular flexibility index (Phi) is 9.99. The van der Waals surface area contributed by atoms with Gasteiger partial charge in [-0.1, -0.05) is 24.3 Å². The number of hydrogen-bond donors (Lipinski definition) is 2. The summed E-state index contributed by atoms with van der Waals surface area (Å²) in [7, 11) is 3.50. The highest BCUT2D eigenvalue weighted by molar-refractivity contribution is 14.0. The summed E-state index contributed by atoms with van der Waals surface area (Å²) in [6, 6.07) is 8.36. The molecule has 0 fully saturated rings. The van der Waals surface area contributed by atoms with E-state index >= 15 is 0 Å². The molecule has 7 heteroatoms. The first-order chi connectivity index (χ1) is 11.6. The van der Waals surface area contributed by atoms with Gasteiger partial charge in [0.05, 0.1) is 17.3 Å². The number of aryl methyl sites for hydroxylation is 2. The van der Waals surface area contributed by atoms with Crippen molar-refractivity contribution in [2.75, 3.05) is 20.7 Å². The van der Waals surface area contributed by atoms with Crippen molar-refractivity contribution in [3.05, 3.63) is 51.0 Å². The summed E-state index contributed by atoms with van der Waals surface area (Å²) in [5.74, 6) is 0.803. The molecule has 2 N–H and O–H groups in total. The molecule has 0 radical (unpaired) electrons. The fourth-order valence-electron chi connectivity index (χ4n) is 2.34. The van der Waals surface area contributed by atoms with E-state index in [0.717, 1.165) is 31.2 Å². The Morgan fingerprint density at radius 1 is 1.24 bits per heavy atom. The second kappa shape index (κ2) is 11.4. The number of guanidine groups is 1. The van der Waals surface area contributed by atoms with Gasteiger partial charge in [0.1, 0.15) is 0 Å². The van der Waals surface area contributed by atoms with Gasteiger partial charge in [-0.15, -0.1) is 35.3 Å². The molecule has 0 aliphatic carbocycles. The van der Waals surface area contributed by atoms with Crippen molar-refractivity contribution in [3.63, 3.8) is 0 Å². The number of nitrogens with zero attached hydrogens (tertiary/aromatic N) is 2. The van der Waals surface area contributed by atoms with Crippen molar-refractivity contribution in [1.82, 2.24) is 15.6 Å². The lowest BCUT2D eigenvalue weighted by molar-refractivity contribution is 0.185. The van der Waals surface area contributed by atoms with Crippen LogP contribution in [0.5, 0.6) is 0 Å². The number of aliphatic imine (C=N–C) groups is 1. The molecule has 0 unspecified atom stereocenters. The molecule has 0 aliphatic heterocycles. The lowest BCUT2D eigenvalue weighted by Gasteiger charge is -2.12. The highest BCUT2D eigenvalue weighted by atomic mass is 127. The standard InChI is InChI=1S/C18H26N4OS.HI/c1-13-14(2)24-17(22-13)8-9-20-18(19-3)21-11-15-6-5-7-16(10-15)12-23-4;/h5-7,10H,8-9,11-12H2,1-4H3,(H2,19,20,21);1H. The molecule has 5 nitrogen and oxygen atoms in total. The summed E-state index contributed by atoms with van der Waals surface area (Å²) in [4.78, 5) is 10.1. The maximum Gasteiger partial charge on any atom is 0.191 e. The minimum atomic E-state index is 0. The molecule has 0 bridgehead atoms. The van der Waals surface area contributed by atoms with Gasteiger partial charge in [-0.05, 0) is 25.0 Å². The number of nitrogens with one attached hydrogen (secondary N) is 2. The zero-order valence-corrected chi connectivity index (χ0v) is 18.4. The highest BCUT2D eigenvalue weighted by Gasteiger charge is 2.04. The van der Waals surface area contributed by atoms with Gasteiger partial charge in [0.25, 0.3) is 0 Å². The number of thiazole rings is 1.